The molecular formula is C13H18O4. The normalized spacial score (nSPS) is 10.1. The van der Waals surface area contributed by atoms with Gasteiger partial charge in [-0.05, 0) is 24.5 Å². The molecule has 0 fully saturated rings. The van der Waals surface area contributed by atoms with Gasteiger partial charge in [-0.3, -0.25) is 0 Å². The number of carboxylic acid groups (broad SMARTS) is 1. The van der Waals surface area contributed by atoms with Gasteiger partial charge in [-0.25, -0.2) is 4.79 Å². The van der Waals surface area contributed by atoms with Crippen molar-refractivity contribution < 1.29 is 19.4 Å². The molecule has 4 heteroatoms. The Morgan fingerprint density at radius 2 is 2.00 bits per heavy atom. The fourth-order valence-electron chi connectivity index (χ4n) is 1.78. The Morgan fingerprint density at radius 3 is 2.47 bits per heavy atom. The van der Waals surface area contributed by atoms with Crippen LogP contribution in [0.5, 0.6) is 11.5 Å². The fraction of sp³-hybridized carbons (Fsp3) is 0.462. The minimum absolute atomic E-state index is 0.101. The monoisotopic (exact) mass is 238 g/mol. The van der Waals surface area contributed by atoms with Gasteiger partial charge in [-0.15, -0.1) is 0 Å². The quantitative estimate of drug-likeness (QED) is 0.828. The molecule has 0 aliphatic heterocycles. The number of rotatable bonds is 6. The zero-order valence-corrected chi connectivity index (χ0v) is 10.4. The number of aryl methyl sites for hydroxylation is 1. The summed E-state index contributed by atoms with van der Waals surface area (Å²) in [6.07, 6.45) is 2.86. The largest absolute Gasteiger partial charge is 0.496 e. The van der Waals surface area contributed by atoms with E-state index in [9.17, 15) is 9.90 Å². The van der Waals surface area contributed by atoms with Crippen molar-refractivity contribution in [2.24, 2.45) is 0 Å². The number of methoxy groups -OCH3 is 2. The standard InChI is InChI=1S/C13H18O4/c1-4-5-6-9-7-8-10(16-2)11(13(14)15)12(9)17-3/h7-8H,4-6H2,1-3H3,(H,14,15). The Labute approximate surface area is 101 Å². The van der Waals surface area contributed by atoms with E-state index in [0.717, 1.165) is 24.8 Å². The van der Waals surface area contributed by atoms with E-state index >= 15 is 0 Å². The van der Waals surface area contributed by atoms with E-state index in [0.29, 0.717) is 11.5 Å². The molecule has 0 heterocycles. The number of hydrogen-bond acceptors (Lipinski definition) is 3. The first kappa shape index (κ1) is 13.4. The van der Waals surface area contributed by atoms with Crippen molar-refractivity contribution in [1.29, 1.82) is 0 Å². The minimum atomic E-state index is -1.03. The molecule has 0 amide bonds. The summed E-state index contributed by atoms with van der Waals surface area (Å²) in [5.41, 5.74) is 1.01. The predicted molar refractivity (Wildman–Crippen MR) is 65.1 cm³/mol. The first-order chi connectivity index (χ1) is 8.15. The Balaban J connectivity index is 3.25. The number of carboxylic acids is 1. The van der Waals surface area contributed by atoms with Gasteiger partial charge >= 0.3 is 5.97 Å². The van der Waals surface area contributed by atoms with Gasteiger partial charge in [0, 0.05) is 0 Å². The summed E-state index contributed by atoms with van der Waals surface area (Å²) in [4.78, 5) is 11.2. The number of hydrogen-bond donors (Lipinski definition) is 1. The van der Waals surface area contributed by atoms with Crippen LogP contribution in [0.15, 0.2) is 12.1 Å². The molecule has 94 valence electrons. The fourth-order valence-corrected chi connectivity index (χ4v) is 1.78. The van der Waals surface area contributed by atoms with Crippen LogP contribution in [0.4, 0.5) is 0 Å². The highest BCUT2D eigenvalue weighted by Crippen LogP contribution is 2.33. The molecule has 0 aliphatic rings. The summed E-state index contributed by atoms with van der Waals surface area (Å²) in [6, 6.07) is 3.54. The van der Waals surface area contributed by atoms with Crippen LogP contribution in [0.1, 0.15) is 35.7 Å². The lowest BCUT2D eigenvalue weighted by Crippen LogP contribution is -2.06. The molecule has 0 unspecified atom stereocenters. The van der Waals surface area contributed by atoms with E-state index in [1.807, 2.05) is 6.07 Å². The van der Waals surface area contributed by atoms with Crippen molar-refractivity contribution in [3.8, 4) is 11.5 Å². The van der Waals surface area contributed by atoms with Gasteiger partial charge in [-0.2, -0.15) is 0 Å². The Bertz CT molecular complexity index is 399. The minimum Gasteiger partial charge on any atom is -0.496 e. The smallest absolute Gasteiger partial charge is 0.343 e. The third-order valence-electron chi connectivity index (χ3n) is 2.64. The molecule has 0 spiro atoms. The number of benzene rings is 1. The maximum absolute atomic E-state index is 11.2. The zero-order chi connectivity index (χ0) is 12.8. The summed E-state index contributed by atoms with van der Waals surface area (Å²) in [5.74, 6) is -0.294. The van der Waals surface area contributed by atoms with Gasteiger partial charge in [0.1, 0.15) is 17.1 Å². The summed E-state index contributed by atoms with van der Waals surface area (Å²) in [6.45, 7) is 2.09. The average Bonchev–Trinajstić information content (AvgIpc) is 2.34. The second-order valence-electron chi connectivity index (χ2n) is 3.74. The van der Waals surface area contributed by atoms with Gasteiger partial charge in [0.05, 0.1) is 14.2 Å². The van der Waals surface area contributed by atoms with Gasteiger partial charge in [0.2, 0.25) is 0 Å². The summed E-state index contributed by atoms with van der Waals surface area (Å²) >= 11 is 0. The topological polar surface area (TPSA) is 55.8 Å². The Morgan fingerprint density at radius 1 is 1.29 bits per heavy atom. The Hall–Kier alpha value is -1.71. The van der Waals surface area contributed by atoms with Crippen LogP contribution >= 0.6 is 0 Å². The van der Waals surface area contributed by atoms with Gasteiger partial charge in [-0.1, -0.05) is 19.4 Å². The van der Waals surface area contributed by atoms with Crippen molar-refractivity contribution in [1.82, 2.24) is 0 Å². The SMILES string of the molecule is CCCCc1ccc(OC)c(C(=O)O)c1OC. The third kappa shape index (κ3) is 2.90. The summed E-state index contributed by atoms with van der Waals surface area (Å²) < 4.78 is 10.3. The van der Waals surface area contributed by atoms with Crippen molar-refractivity contribution in [3.05, 3.63) is 23.3 Å². The highest BCUT2D eigenvalue weighted by atomic mass is 16.5. The lowest BCUT2D eigenvalue weighted by molar-refractivity contribution is 0.0689. The number of unbranched alkanes of at least 4 members (excludes halogenated alkanes) is 1. The molecule has 1 aromatic carbocycles. The number of ether oxygens (including phenoxy) is 2. The third-order valence-corrected chi connectivity index (χ3v) is 2.64. The van der Waals surface area contributed by atoms with E-state index in [-0.39, 0.29) is 5.56 Å². The van der Waals surface area contributed by atoms with E-state index < -0.39 is 5.97 Å². The first-order valence-electron chi connectivity index (χ1n) is 5.62. The maximum Gasteiger partial charge on any atom is 0.343 e. The van der Waals surface area contributed by atoms with Crippen LogP contribution in [0.25, 0.3) is 0 Å². The van der Waals surface area contributed by atoms with E-state index in [1.54, 1.807) is 6.07 Å². The molecular weight excluding hydrogens is 220 g/mol. The molecule has 4 nitrogen and oxygen atoms in total. The molecule has 1 N–H and O–H groups in total. The molecule has 0 bridgehead atoms. The predicted octanol–water partition coefficient (Wildman–Crippen LogP) is 2.74. The second-order valence-corrected chi connectivity index (χ2v) is 3.74. The molecule has 1 aromatic rings. The molecule has 0 saturated heterocycles. The summed E-state index contributed by atoms with van der Waals surface area (Å²) in [5, 5.41) is 9.20. The molecule has 1 rings (SSSR count). The van der Waals surface area contributed by atoms with Crippen molar-refractivity contribution >= 4 is 5.97 Å². The molecule has 0 atom stereocenters. The molecule has 17 heavy (non-hydrogen) atoms. The van der Waals surface area contributed by atoms with Gasteiger partial charge in [0.25, 0.3) is 0 Å². The molecule has 0 radical (unpaired) electrons. The van der Waals surface area contributed by atoms with Gasteiger partial charge in [0.15, 0.2) is 0 Å². The van der Waals surface area contributed by atoms with Crippen LogP contribution < -0.4 is 9.47 Å². The summed E-state index contributed by atoms with van der Waals surface area (Å²) in [7, 11) is 2.93. The molecule has 0 saturated carbocycles. The van der Waals surface area contributed by atoms with Crippen LogP contribution in [-0.2, 0) is 6.42 Å². The van der Waals surface area contributed by atoms with Crippen molar-refractivity contribution in [3.63, 3.8) is 0 Å². The zero-order valence-electron chi connectivity index (χ0n) is 10.4. The van der Waals surface area contributed by atoms with E-state index in [4.69, 9.17) is 9.47 Å². The van der Waals surface area contributed by atoms with Gasteiger partial charge < -0.3 is 14.6 Å². The average molecular weight is 238 g/mol. The van der Waals surface area contributed by atoms with Crippen LogP contribution in [-0.4, -0.2) is 25.3 Å². The highest BCUT2D eigenvalue weighted by Gasteiger charge is 2.20. The molecule has 0 aromatic heterocycles. The van der Waals surface area contributed by atoms with Crippen LogP contribution in [0.3, 0.4) is 0 Å². The maximum atomic E-state index is 11.2. The van der Waals surface area contributed by atoms with Crippen LogP contribution in [0.2, 0.25) is 0 Å². The second kappa shape index (κ2) is 6.13. The lowest BCUT2D eigenvalue weighted by Gasteiger charge is -2.14. The van der Waals surface area contributed by atoms with E-state index in [1.165, 1.54) is 14.2 Å². The molecule has 0 aliphatic carbocycles. The highest BCUT2D eigenvalue weighted by molar-refractivity contribution is 5.94. The lowest BCUT2D eigenvalue weighted by atomic mass is 10.0. The van der Waals surface area contributed by atoms with E-state index in [2.05, 4.69) is 6.92 Å². The van der Waals surface area contributed by atoms with Crippen LogP contribution in [0, 0.1) is 0 Å². The van der Waals surface area contributed by atoms with Crippen molar-refractivity contribution in [2.45, 2.75) is 26.2 Å². The van der Waals surface area contributed by atoms with Crippen molar-refractivity contribution in [2.75, 3.05) is 14.2 Å². The number of aromatic carboxylic acids is 1. The number of carbonyl (C=O) groups is 1. The Kier molecular flexibility index (Phi) is 4.82. The first-order valence-corrected chi connectivity index (χ1v) is 5.62.